The summed E-state index contributed by atoms with van der Waals surface area (Å²) in [7, 11) is 0. The van der Waals surface area contributed by atoms with Crippen LogP contribution in [0.2, 0.25) is 0 Å². The summed E-state index contributed by atoms with van der Waals surface area (Å²) in [6.07, 6.45) is 3.08. The van der Waals surface area contributed by atoms with Gasteiger partial charge in [0, 0.05) is 18.4 Å². The van der Waals surface area contributed by atoms with E-state index in [4.69, 9.17) is 9.47 Å². The van der Waals surface area contributed by atoms with Crippen LogP contribution < -0.4 is 4.74 Å². The highest BCUT2D eigenvalue weighted by atomic mass is 16.7. The molecule has 0 aliphatic carbocycles. The average Bonchev–Trinajstić information content (AvgIpc) is 2.54. The molecule has 15 heavy (non-hydrogen) atoms. The van der Waals surface area contributed by atoms with Gasteiger partial charge in [0.1, 0.15) is 5.75 Å². The van der Waals surface area contributed by atoms with Crippen molar-refractivity contribution < 1.29 is 9.47 Å². The number of rotatable bonds is 0. The summed E-state index contributed by atoms with van der Waals surface area (Å²) in [5.74, 6) is 1.36. The first kappa shape index (κ1) is 9.22. The molecule has 0 aromatic heterocycles. The summed E-state index contributed by atoms with van der Waals surface area (Å²) < 4.78 is 11.8. The summed E-state index contributed by atoms with van der Waals surface area (Å²) in [5.41, 5.74) is 1.28. The summed E-state index contributed by atoms with van der Waals surface area (Å²) in [5, 5.41) is 0. The van der Waals surface area contributed by atoms with Gasteiger partial charge in [-0.1, -0.05) is 25.1 Å². The third kappa shape index (κ3) is 1.53. The minimum atomic E-state index is -0.346. The van der Waals surface area contributed by atoms with Crippen LogP contribution in [0, 0.1) is 5.92 Å². The molecular formula is C13H16O2. The molecule has 0 unspecified atom stereocenters. The second-order valence-electron chi connectivity index (χ2n) is 4.74. The van der Waals surface area contributed by atoms with Gasteiger partial charge in [-0.2, -0.15) is 0 Å². The Balaban J connectivity index is 1.87. The normalized spacial score (nSPS) is 33.8. The van der Waals surface area contributed by atoms with E-state index in [9.17, 15) is 0 Å². The van der Waals surface area contributed by atoms with Crippen LogP contribution in [0.3, 0.4) is 0 Å². The largest absolute Gasteiger partial charge is 0.462 e. The second-order valence-corrected chi connectivity index (χ2v) is 4.74. The predicted octanol–water partition coefficient (Wildman–Crippen LogP) is 2.76. The smallest absolute Gasteiger partial charge is 0.215 e. The summed E-state index contributed by atoms with van der Waals surface area (Å²) >= 11 is 0. The second kappa shape index (κ2) is 3.24. The van der Waals surface area contributed by atoms with Gasteiger partial charge in [0.05, 0.1) is 6.61 Å². The lowest BCUT2D eigenvalue weighted by atomic mass is 9.92. The van der Waals surface area contributed by atoms with Crippen molar-refractivity contribution in [3.05, 3.63) is 29.8 Å². The molecule has 80 valence electrons. The predicted molar refractivity (Wildman–Crippen MR) is 57.9 cm³/mol. The molecule has 0 amide bonds. The highest BCUT2D eigenvalue weighted by Crippen LogP contribution is 2.41. The maximum absolute atomic E-state index is 5.98. The van der Waals surface area contributed by atoms with Crippen LogP contribution in [-0.2, 0) is 11.2 Å². The number of hydrogen-bond donors (Lipinski definition) is 0. The van der Waals surface area contributed by atoms with Gasteiger partial charge in [-0.3, -0.25) is 0 Å². The Morgan fingerprint density at radius 3 is 3.00 bits per heavy atom. The molecule has 2 aliphatic heterocycles. The van der Waals surface area contributed by atoms with Crippen molar-refractivity contribution in [1.29, 1.82) is 0 Å². The van der Waals surface area contributed by atoms with Crippen LogP contribution in [0.15, 0.2) is 24.3 Å². The third-order valence-electron chi connectivity index (χ3n) is 3.36. The number of benzene rings is 1. The van der Waals surface area contributed by atoms with Crippen LogP contribution >= 0.6 is 0 Å². The van der Waals surface area contributed by atoms with E-state index in [0.29, 0.717) is 5.92 Å². The minimum absolute atomic E-state index is 0.346. The van der Waals surface area contributed by atoms with Crippen LogP contribution in [0.1, 0.15) is 25.3 Å². The zero-order valence-corrected chi connectivity index (χ0v) is 9.03. The standard InChI is InChI=1S/C13H16O2/c1-10-6-7-14-13(8-10)9-11-4-2-3-5-12(11)15-13/h2-5,10H,6-9H2,1H3/t10-,13+/m1/s1. The fourth-order valence-corrected chi connectivity index (χ4v) is 2.61. The van der Waals surface area contributed by atoms with E-state index in [1.807, 2.05) is 12.1 Å². The quantitative estimate of drug-likeness (QED) is 0.647. The average molecular weight is 204 g/mol. The Labute approximate surface area is 90.2 Å². The zero-order valence-electron chi connectivity index (χ0n) is 9.03. The van der Waals surface area contributed by atoms with Gasteiger partial charge in [-0.25, -0.2) is 0 Å². The minimum Gasteiger partial charge on any atom is -0.462 e. The molecule has 2 aliphatic rings. The third-order valence-corrected chi connectivity index (χ3v) is 3.36. The van der Waals surface area contributed by atoms with Gasteiger partial charge in [0.25, 0.3) is 0 Å². The molecule has 1 spiro atoms. The van der Waals surface area contributed by atoms with Crippen molar-refractivity contribution in [2.75, 3.05) is 6.61 Å². The number of para-hydroxylation sites is 1. The lowest BCUT2D eigenvalue weighted by molar-refractivity contribution is -0.204. The molecule has 1 fully saturated rings. The van der Waals surface area contributed by atoms with Crippen molar-refractivity contribution in [3.63, 3.8) is 0 Å². The molecule has 2 heteroatoms. The molecule has 2 nitrogen and oxygen atoms in total. The fraction of sp³-hybridized carbons (Fsp3) is 0.538. The zero-order chi connectivity index (χ0) is 10.3. The van der Waals surface area contributed by atoms with Crippen molar-refractivity contribution in [1.82, 2.24) is 0 Å². The first-order valence-corrected chi connectivity index (χ1v) is 5.68. The van der Waals surface area contributed by atoms with Crippen molar-refractivity contribution in [2.24, 2.45) is 5.92 Å². The molecule has 0 N–H and O–H groups in total. The van der Waals surface area contributed by atoms with Crippen LogP contribution in [0.4, 0.5) is 0 Å². The Morgan fingerprint density at radius 1 is 1.33 bits per heavy atom. The molecular weight excluding hydrogens is 188 g/mol. The Bertz CT molecular complexity index is 348. The SMILES string of the molecule is C[C@@H]1CCO[C@@]2(Cc3ccccc3O2)C1. The van der Waals surface area contributed by atoms with E-state index < -0.39 is 0 Å². The van der Waals surface area contributed by atoms with Gasteiger partial charge >= 0.3 is 0 Å². The molecule has 0 saturated carbocycles. The topological polar surface area (TPSA) is 18.5 Å². The van der Waals surface area contributed by atoms with E-state index in [1.54, 1.807) is 0 Å². The Hall–Kier alpha value is -1.02. The molecule has 2 atom stereocenters. The van der Waals surface area contributed by atoms with Gasteiger partial charge < -0.3 is 9.47 Å². The van der Waals surface area contributed by atoms with E-state index in [0.717, 1.165) is 31.6 Å². The van der Waals surface area contributed by atoms with Gasteiger partial charge in [-0.15, -0.1) is 0 Å². The number of hydrogen-bond acceptors (Lipinski definition) is 2. The lowest BCUT2D eigenvalue weighted by Crippen LogP contribution is -2.43. The molecule has 1 aromatic rings. The molecule has 1 saturated heterocycles. The Morgan fingerprint density at radius 2 is 2.20 bits per heavy atom. The van der Waals surface area contributed by atoms with Crippen molar-refractivity contribution in [2.45, 2.75) is 32.0 Å². The maximum Gasteiger partial charge on any atom is 0.215 e. The van der Waals surface area contributed by atoms with E-state index in [2.05, 4.69) is 19.1 Å². The first-order chi connectivity index (χ1) is 7.27. The number of ether oxygens (including phenoxy) is 2. The summed E-state index contributed by atoms with van der Waals surface area (Å²) in [6.45, 7) is 3.10. The van der Waals surface area contributed by atoms with E-state index in [-0.39, 0.29) is 5.79 Å². The molecule has 0 radical (unpaired) electrons. The fourth-order valence-electron chi connectivity index (χ4n) is 2.61. The number of fused-ring (bicyclic) bond motifs is 1. The van der Waals surface area contributed by atoms with Gasteiger partial charge in [-0.05, 0) is 18.4 Å². The molecule has 3 rings (SSSR count). The molecule has 2 heterocycles. The van der Waals surface area contributed by atoms with Crippen molar-refractivity contribution in [3.8, 4) is 5.75 Å². The van der Waals surface area contributed by atoms with Crippen molar-refractivity contribution >= 4 is 0 Å². The maximum atomic E-state index is 5.98. The van der Waals surface area contributed by atoms with Crippen LogP contribution in [0.5, 0.6) is 5.75 Å². The van der Waals surface area contributed by atoms with Crippen LogP contribution in [-0.4, -0.2) is 12.4 Å². The monoisotopic (exact) mass is 204 g/mol. The van der Waals surface area contributed by atoms with E-state index in [1.165, 1.54) is 5.56 Å². The van der Waals surface area contributed by atoms with Gasteiger partial charge in [0.2, 0.25) is 5.79 Å². The summed E-state index contributed by atoms with van der Waals surface area (Å²) in [4.78, 5) is 0. The van der Waals surface area contributed by atoms with Crippen LogP contribution in [0.25, 0.3) is 0 Å². The highest BCUT2D eigenvalue weighted by Gasteiger charge is 2.43. The highest BCUT2D eigenvalue weighted by molar-refractivity contribution is 5.38. The first-order valence-electron chi connectivity index (χ1n) is 5.68. The summed E-state index contributed by atoms with van der Waals surface area (Å²) in [6, 6.07) is 8.25. The van der Waals surface area contributed by atoms with E-state index >= 15 is 0 Å². The lowest BCUT2D eigenvalue weighted by Gasteiger charge is -2.35. The van der Waals surface area contributed by atoms with Gasteiger partial charge in [0.15, 0.2) is 0 Å². The molecule has 1 aromatic carbocycles. The molecule has 0 bridgehead atoms. The Kier molecular flexibility index (Phi) is 1.99.